The van der Waals surface area contributed by atoms with Crippen molar-refractivity contribution in [2.75, 3.05) is 18.6 Å². The van der Waals surface area contributed by atoms with Crippen LogP contribution in [0.5, 0.6) is 11.5 Å². The molecule has 6 heteroatoms. The smallest absolute Gasteiger partial charge is 0.335 e. The summed E-state index contributed by atoms with van der Waals surface area (Å²) >= 11 is 0. The Balaban J connectivity index is 2.06. The first-order valence-electron chi connectivity index (χ1n) is 8.66. The number of carboxylic acids is 1. The van der Waals surface area contributed by atoms with Crippen molar-refractivity contribution >= 4 is 17.9 Å². The largest absolute Gasteiger partial charge is 0.490 e. The van der Waals surface area contributed by atoms with Crippen LogP contribution in [0.4, 0.5) is 5.69 Å². The molecular formula is C20H24N2O4. The number of ether oxygens (including phenoxy) is 2. The number of hydrazone groups is 1. The van der Waals surface area contributed by atoms with Gasteiger partial charge in [0.1, 0.15) is 0 Å². The predicted octanol–water partition coefficient (Wildman–Crippen LogP) is 4.41. The Hall–Kier alpha value is -3.02. The molecule has 2 aromatic rings. The lowest BCUT2D eigenvalue weighted by Crippen LogP contribution is -2.01. The van der Waals surface area contributed by atoms with Crippen molar-refractivity contribution in [3.8, 4) is 11.5 Å². The minimum atomic E-state index is -0.974. The molecular weight excluding hydrogens is 332 g/mol. The van der Waals surface area contributed by atoms with Crippen LogP contribution in [0.25, 0.3) is 0 Å². The van der Waals surface area contributed by atoms with Crippen molar-refractivity contribution in [2.24, 2.45) is 5.10 Å². The SMILES string of the molecule is CCCCOc1ccc(/C=N/Nc2cccc(C(=O)O)c2)cc1OCC. The molecule has 0 atom stereocenters. The summed E-state index contributed by atoms with van der Waals surface area (Å²) in [5.41, 5.74) is 4.48. The van der Waals surface area contributed by atoms with Gasteiger partial charge >= 0.3 is 5.97 Å². The Morgan fingerprint density at radius 3 is 2.73 bits per heavy atom. The van der Waals surface area contributed by atoms with Crippen molar-refractivity contribution in [3.05, 3.63) is 53.6 Å². The number of aromatic carboxylic acids is 1. The van der Waals surface area contributed by atoms with E-state index in [9.17, 15) is 4.79 Å². The Morgan fingerprint density at radius 1 is 1.15 bits per heavy atom. The first-order valence-corrected chi connectivity index (χ1v) is 8.66. The number of rotatable bonds is 10. The van der Waals surface area contributed by atoms with Gasteiger partial charge in [0.2, 0.25) is 0 Å². The van der Waals surface area contributed by atoms with Gasteiger partial charge in [-0.25, -0.2) is 4.79 Å². The fourth-order valence-electron chi connectivity index (χ4n) is 2.22. The van der Waals surface area contributed by atoms with Crippen LogP contribution in [0.1, 0.15) is 42.6 Å². The molecule has 0 bridgehead atoms. The molecule has 0 amide bonds. The zero-order valence-corrected chi connectivity index (χ0v) is 15.1. The number of carbonyl (C=O) groups is 1. The number of unbranched alkanes of at least 4 members (excludes halogenated alkanes) is 1. The maximum absolute atomic E-state index is 11.0. The van der Waals surface area contributed by atoms with E-state index in [0.29, 0.717) is 24.7 Å². The van der Waals surface area contributed by atoms with Gasteiger partial charge < -0.3 is 14.6 Å². The Labute approximate surface area is 153 Å². The molecule has 26 heavy (non-hydrogen) atoms. The van der Waals surface area contributed by atoms with Crippen molar-refractivity contribution in [1.82, 2.24) is 0 Å². The fourth-order valence-corrected chi connectivity index (χ4v) is 2.22. The van der Waals surface area contributed by atoms with Crippen molar-refractivity contribution < 1.29 is 19.4 Å². The number of nitrogens with one attached hydrogen (secondary N) is 1. The maximum atomic E-state index is 11.0. The lowest BCUT2D eigenvalue weighted by molar-refractivity contribution is 0.0697. The van der Waals surface area contributed by atoms with E-state index in [-0.39, 0.29) is 5.56 Å². The molecule has 138 valence electrons. The molecule has 2 rings (SSSR count). The molecule has 0 aliphatic carbocycles. The lowest BCUT2D eigenvalue weighted by Gasteiger charge is -2.12. The van der Waals surface area contributed by atoms with E-state index in [2.05, 4.69) is 17.5 Å². The van der Waals surface area contributed by atoms with Crippen LogP contribution in [0, 0.1) is 0 Å². The van der Waals surface area contributed by atoms with Crippen LogP contribution >= 0.6 is 0 Å². The van der Waals surface area contributed by atoms with E-state index in [1.165, 1.54) is 12.1 Å². The van der Waals surface area contributed by atoms with Crippen LogP contribution < -0.4 is 14.9 Å². The van der Waals surface area contributed by atoms with E-state index in [1.807, 2.05) is 25.1 Å². The molecule has 6 nitrogen and oxygen atoms in total. The van der Waals surface area contributed by atoms with Gasteiger partial charge in [0.15, 0.2) is 11.5 Å². The molecule has 0 aliphatic heterocycles. The standard InChI is InChI=1S/C20H24N2O4/c1-3-5-11-26-18-10-9-15(12-19(18)25-4-2)14-21-22-17-8-6-7-16(13-17)20(23)24/h6-10,12-14,22H,3-5,11H2,1-2H3,(H,23,24)/b21-14+. The minimum Gasteiger partial charge on any atom is -0.490 e. The molecule has 2 aromatic carbocycles. The van der Waals surface area contributed by atoms with Crippen LogP contribution in [0.3, 0.4) is 0 Å². The summed E-state index contributed by atoms with van der Waals surface area (Å²) in [7, 11) is 0. The number of benzene rings is 2. The number of hydrogen-bond acceptors (Lipinski definition) is 5. The summed E-state index contributed by atoms with van der Waals surface area (Å²) in [6.45, 7) is 5.25. The third-order valence-corrected chi connectivity index (χ3v) is 3.54. The van der Waals surface area contributed by atoms with Gasteiger partial charge in [0.05, 0.1) is 30.7 Å². The zero-order valence-electron chi connectivity index (χ0n) is 15.1. The van der Waals surface area contributed by atoms with Crippen LogP contribution in [-0.4, -0.2) is 30.5 Å². The predicted molar refractivity (Wildman–Crippen MR) is 103 cm³/mol. The highest BCUT2D eigenvalue weighted by Gasteiger charge is 2.06. The number of anilines is 1. The molecule has 0 spiro atoms. The summed E-state index contributed by atoms with van der Waals surface area (Å²) in [4.78, 5) is 11.0. The highest BCUT2D eigenvalue weighted by atomic mass is 16.5. The van der Waals surface area contributed by atoms with Gasteiger partial charge in [-0.3, -0.25) is 5.43 Å². The van der Waals surface area contributed by atoms with Crippen LogP contribution in [0.2, 0.25) is 0 Å². The molecule has 0 fully saturated rings. The maximum Gasteiger partial charge on any atom is 0.335 e. The number of carboxylic acid groups (broad SMARTS) is 1. The van der Waals surface area contributed by atoms with E-state index in [1.54, 1.807) is 18.3 Å². The minimum absolute atomic E-state index is 0.206. The van der Waals surface area contributed by atoms with Crippen molar-refractivity contribution in [2.45, 2.75) is 26.7 Å². The second-order valence-electron chi connectivity index (χ2n) is 5.60. The molecule has 0 saturated carbocycles. The summed E-state index contributed by atoms with van der Waals surface area (Å²) in [6, 6.07) is 12.1. The first kappa shape index (κ1) is 19.3. The topological polar surface area (TPSA) is 80.2 Å². The van der Waals surface area contributed by atoms with Crippen molar-refractivity contribution in [1.29, 1.82) is 0 Å². The summed E-state index contributed by atoms with van der Waals surface area (Å²) in [5.74, 6) is 0.428. The number of hydrogen-bond donors (Lipinski definition) is 2. The Kier molecular flexibility index (Phi) is 7.49. The van der Waals surface area contributed by atoms with Gasteiger partial charge in [-0.2, -0.15) is 5.10 Å². The molecule has 0 unspecified atom stereocenters. The lowest BCUT2D eigenvalue weighted by atomic mass is 10.2. The quantitative estimate of drug-likeness (QED) is 0.374. The molecule has 0 aromatic heterocycles. The molecule has 0 radical (unpaired) electrons. The van der Waals surface area contributed by atoms with E-state index >= 15 is 0 Å². The monoisotopic (exact) mass is 356 g/mol. The second-order valence-corrected chi connectivity index (χ2v) is 5.60. The van der Waals surface area contributed by atoms with Gasteiger partial charge in [-0.05, 0) is 55.3 Å². The Morgan fingerprint density at radius 2 is 2.00 bits per heavy atom. The van der Waals surface area contributed by atoms with Crippen LogP contribution in [-0.2, 0) is 0 Å². The summed E-state index contributed by atoms with van der Waals surface area (Å²) < 4.78 is 11.4. The third-order valence-electron chi connectivity index (χ3n) is 3.54. The normalized spacial score (nSPS) is 10.7. The fraction of sp³-hybridized carbons (Fsp3) is 0.300. The second kappa shape index (κ2) is 10.1. The summed E-state index contributed by atoms with van der Waals surface area (Å²) in [5, 5.41) is 13.2. The van der Waals surface area contributed by atoms with Crippen molar-refractivity contribution in [3.63, 3.8) is 0 Å². The van der Waals surface area contributed by atoms with Crippen LogP contribution in [0.15, 0.2) is 47.6 Å². The average molecular weight is 356 g/mol. The van der Waals surface area contributed by atoms with Gasteiger partial charge in [-0.15, -0.1) is 0 Å². The third kappa shape index (κ3) is 5.81. The van der Waals surface area contributed by atoms with E-state index < -0.39 is 5.97 Å². The zero-order chi connectivity index (χ0) is 18.8. The van der Waals surface area contributed by atoms with Gasteiger partial charge in [-0.1, -0.05) is 19.4 Å². The highest BCUT2D eigenvalue weighted by Crippen LogP contribution is 2.28. The Bertz CT molecular complexity index is 759. The van der Waals surface area contributed by atoms with Gasteiger partial charge in [0.25, 0.3) is 0 Å². The molecule has 0 saturated heterocycles. The molecule has 2 N–H and O–H groups in total. The highest BCUT2D eigenvalue weighted by molar-refractivity contribution is 5.89. The number of nitrogens with zero attached hydrogens (tertiary/aromatic N) is 1. The van der Waals surface area contributed by atoms with Gasteiger partial charge in [0, 0.05) is 0 Å². The average Bonchev–Trinajstić information content (AvgIpc) is 2.64. The van der Waals surface area contributed by atoms with E-state index in [4.69, 9.17) is 14.6 Å². The molecule has 0 heterocycles. The first-order chi connectivity index (χ1) is 12.6. The van der Waals surface area contributed by atoms with E-state index in [0.717, 1.165) is 24.2 Å². The summed E-state index contributed by atoms with van der Waals surface area (Å²) in [6.07, 6.45) is 3.71. The molecule has 0 aliphatic rings.